The smallest absolute Gasteiger partial charge is 0.335 e. The molecule has 22 saturated heterocycles. The molecule has 22 fully saturated rings. The molecule has 0 aromatic rings. The van der Waals surface area contributed by atoms with E-state index in [-0.39, 0.29) is 0 Å². The molecule has 22 rings (SSSR count). The molecule has 0 aromatic heterocycles. The maximum Gasteiger partial charge on any atom is 0.335 e. The van der Waals surface area contributed by atoms with Gasteiger partial charge in [-0.3, -0.25) is 0 Å². The lowest BCUT2D eigenvalue weighted by molar-refractivity contribution is -0.402. The van der Waals surface area contributed by atoms with Crippen molar-refractivity contribution in [1.82, 2.24) is 0 Å². The second-order valence-electron chi connectivity index (χ2n) is 16.9. The highest BCUT2D eigenvalue weighted by atomic mass is 16.8. The molecule has 0 aliphatic carbocycles. The molecular formula is C36H58O31. The second kappa shape index (κ2) is 22.0. The van der Waals surface area contributed by atoms with Crippen molar-refractivity contribution in [1.29, 1.82) is 0 Å². The maximum absolute atomic E-state index is 12.5. The largest absolute Gasteiger partial charge is 0.479 e. The van der Waals surface area contributed by atoms with Gasteiger partial charge in [-0.1, -0.05) is 0 Å². The Morgan fingerprint density at radius 3 is 0.642 bits per heavy atom. The highest BCUT2D eigenvalue weighted by molar-refractivity contribution is 5.73. The molecule has 31 heteroatoms. The van der Waals surface area contributed by atoms with Crippen LogP contribution in [0.3, 0.4) is 0 Å². The van der Waals surface area contributed by atoms with Crippen LogP contribution in [-0.2, 0) is 61.6 Å². The van der Waals surface area contributed by atoms with Crippen molar-refractivity contribution in [2.45, 2.75) is 184 Å². The standard InChI is InChI=1S/C36H58O31/c37-1-6-23-11(42)17(48)31(56-6)62-24-7(2-38)58-33(19(50)13(24)44)64-26-9(4-40)60-35(21(52)15(26)46)66-28-16(47)22(53)36(67-29(28)30(54)55)65-27-10(5-41)59-34(20(51)14(27)45)63-25-8(3-39)57-32(61-23)18(49)12(25)43/h6-29,31-53H,1-5H2,(H,54,55)/t6-,7-,8-,9-,10-,11-,12-,13-,14-,15-,16-,17-,18-,19-,20-,21-,22-,23-,24-,25-,26-,27-,28+,29-,31-,32-,33-,34-,35-,36-/m1/s1. The predicted octanol–water partition coefficient (Wildman–Crippen LogP) is -13.0. The van der Waals surface area contributed by atoms with Crippen LogP contribution in [0.2, 0.25) is 0 Å². The third kappa shape index (κ3) is 10.2. The summed E-state index contributed by atoms with van der Waals surface area (Å²) in [5.74, 6) is -1.89. The average molecular weight is 987 g/mol. The number of aliphatic carboxylic acids is 1. The fourth-order valence-electron chi connectivity index (χ4n) is 8.89. The average Bonchev–Trinajstić information content (AvgIpc) is 3.31. The number of aliphatic hydroxyl groups is 17. The Kier molecular flexibility index (Phi) is 17.4. The molecule has 31 nitrogen and oxygen atoms in total. The van der Waals surface area contributed by atoms with Crippen LogP contribution in [0.5, 0.6) is 0 Å². The molecule has 0 aromatic carbocycles. The van der Waals surface area contributed by atoms with E-state index in [9.17, 15) is 96.7 Å². The quantitative estimate of drug-likeness (QED) is 0.117. The minimum atomic E-state index is -2.34. The number of carboxylic acids is 1. The van der Waals surface area contributed by atoms with Crippen LogP contribution in [-0.4, -0.2) is 315 Å². The van der Waals surface area contributed by atoms with Crippen molar-refractivity contribution >= 4 is 5.97 Å². The van der Waals surface area contributed by atoms with E-state index >= 15 is 0 Å². The Morgan fingerprint density at radius 2 is 0.448 bits per heavy atom. The van der Waals surface area contributed by atoms with Gasteiger partial charge < -0.3 is 149 Å². The molecule has 12 bridgehead atoms. The molecule has 0 saturated carbocycles. The first-order valence-electron chi connectivity index (χ1n) is 21.1. The number of carboxylic acid groups (broad SMARTS) is 1. The van der Waals surface area contributed by atoms with Crippen LogP contribution in [0.25, 0.3) is 0 Å². The van der Waals surface area contributed by atoms with Gasteiger partial charge >= 0.3 is 5.97 Å². The number of carbonyl (C=O) groups is 1. The van der Waals surface area contributed by atoms with Crippen LogP contribution in [0.1, 0.15) is 0 Å². The summed E-state index contributed by atoms with van der Waals surface area (Å²) in [6.07, 6.45) is -61.6. The van der Waals surface area contributed by atoms with Gasteiger partial charge in [-0.25, -0.2) is 4.79 Å². The van der Waals surface area contributed by atoms with Gasteiger partial charge in [0.25, 0.3) is 0 Å². The zero-order valence-electron chi connectivity index (χ0n) is 34.7. The van der Waals surface area contributed by atoms with E-state index in [1.165, 1.54) is 0 Å². The van der Waals surface area contributed by atoms with Crippen molar-refractivity contribution in [3.63, 3.8) is 0 Å². The maximum atomic E-state index is 12.5. The van der Waals surface area contributed by atoms with Gasteiger partial charge in [0, 0.05) is 0 Å². The molecule has 22 aliphatic heterocycles. The SMILES string of the molecule is O=C(O)[C@@H]1O[C@H]2O[C@H]3[C@H](O)[C@@H](O)[C@@H](O[C@H]4[C@H](O)[C@@H](O)[C@@H](O[C@H]5[C@H](O)[C@@H](O)[C@@H](O[C@H]6[C@H](O)[C@@H](O)[C@@H](O[C@H]7[C@H](O)[C@@H](O)[C@@H](O[C@H]1[C@H](O)[C@H]2O)O[C@@H]7CO)O[C@@H]6CO)O[C@@H]5CO)O[C@@H]4CO)O[C@@H]3CO. The van der Waals surface area contributed by atoms with E-state index in [0.29, 0.717) is 0 Å². The molecule has 67 heavy (non-hydrogen) atoms. The van der Waals surface area contributed by atoms with Crippen LogP contribution < -0.4 is 0 Å². The molecule has 18 N–H and O–H groups in total. The lowest BCUT2D eigenvalue weighted by atomic mass is 9.94. The molecule has 30 atom stereocenters. The van der Waals surface area contributed by atoms with E-state index in [1.54, 1.807) is 0 Å². The summed E-state index contributed by atoms with van der Waals surface area (Å²) in [7, 11) is 0. The third-order valence-corrected chi connectivity index (χ3v) is 12.6. The molecule has 0 radical (unpaired) electrons. The van der Waals surface area contributed by atoms with Crippen molar-refractivity contribution < 1.29 is 154 Å². The fraction of sp³-hybridized carbons (Fsp3) is 0.972. The first-order valence-corrected chi connectivity index (χ1v) is 21.1. The number of rotatable bonds is 6. The Balaban J connectivity index is 1.20. The van der Waals surface area contributed by atoms with E-state index in [4.69, 9.17) is 56.8 Å². The second-order valence-corrected chi connectivity index (χ2v) is 16.9. The van der Waals surface area contributed by atoms with E-state index in [0.717, 1.165) is 0 Å². The summed E-state index contributed by atoms with van der Waals surface area (Å²) in [6.45, 7) is -5.21. The number of ether oxygens (including phenoxy) is 12. The molecular weight excluding hydrogens is 928 g/mol. The molecule has 0 unspecified atom stereocenters. The van der Waals surface area contributed by atoms with Gasteiger partial charge in [0.15, 0.2) is 43.8 Å². The van der Waals surface area contributed by atoms with E-state index < -0.39 is 223 Å². The Hall–Kier alpha value is -1.69. The summed E-state index contributed by atoms with van der Waals surface area (Å²) < 4.78 is 67.1. The summed E-state index contributed by atoms with van der Waals surface area (Å²) in [6, 6.07) is 0. The highest BCUT2D eigenvalue weighted by Gasteiger charge is 2.59. The van der Waals surface area contributed by atoms with Crippen molar-refractivity contribution in [3.8, 4) is 0 Å². The van der Waals surface area contributed by atoms with E-state index in [2.05, 4.69) is 0 Å². The van der Waals surface area contributed by atoms with Crippen molar-refractivity contribution in [2.24, 2.45) is 0 Å². The molecule has 22 aliphatic rings. The minimum Gasteiger partial charge on any atom is -0.479 e. The monoisotopic (exact) mass is 986 g/mol. The molecule has 0 spiro atoms. The van der Waals surface area contributed by atoms with Gasteiger partial charge in [0.2, 0.25) is 0 Å². The Bertz CT molecular complexity index is 1590. The van der Waals surface area contributed by atoms with Crippen molar-refractivity contribution in [2.75, 3.05) is 33.0 Å². The first kappa shape index (κ1) is 53.1. The summed E-state index contributed by atoms with van der Waals surface area (Å²) in [5, 5.41) is 195. The van der Waals surface area contributed by atoms with Crippen LogP contribution in [0, 0.1) is 0 Å². The van der Waals surface area contributed by atoms with Gasteiger partial charge in [-0.05, 0) is 0 Å². The number of hydrogen-bond donors (Lipinski definition) is 18. The molecule has 0 amide bonds. The number of hydrogen-bond acceptors (Lipinski definition) is 30. The third-order valence-electron chi connectivity index (χ3n) is 12.6. The lowest BCUT2D eigenvalue weighted by Gasteiger charge is -2.50. The summed E-state index contributed by atoms with van der Waals surface area (Å²) in [5.41, 5.74) is 0. The van der Waals surface area contributed by atoms with E-state index in [1.807, 2.05) is 0 Å². The number of aliphatic hydroxyl groups excluding tert-OH is 17. The summed E-state index contributed by atoms with van der Waals surface area (Å²) in [4.78, 5) is 12.5. The Morgan fingerprint density at radius 1 is 0.269 bits per heavy atom. The van der Waals surface area contributed by atoms with Gasteiger partial charge in [0.1, 0.15) is 140 Å². The van der Waals surface area contributed by atoms with Crippen molar-refractivity contribution in [3.05, 3.63) is 0 Å². The highest BCUT2D eigenvalue weighted by Crippen LogP contribution is 2.38. The lowest BCUT2D eigenvalue weighted by Crippen LogP contribution is -2.69. The van der Waals surface area contributed by atoms with Crippen LogP contribution in [0.4, 0.5) is 0 Å². The summed E-state index contributed by atoms with van der Waals surface area (Å²) >= 11 is 0. The van der Waals surface area contributed by atoms with Gasteiger partial charge in [0.05, 0.1) is 33.0 Å². The van der Waals surface area contributed by atoms with Crippen LogP contribution >= 0.6 is 0 Å². The zero-order chi connectivity index (χ0) is 48.9. The molecule has 388 valence electrons. The Labute approximate surface area is 376 Å². The topological polar surface area (TPSA) is 492 Å². The minimum absolute atomic E-state index is 1.01. The normalized spacial score (nSPS) is 54.6. The first-order chi connectivity index (χ1) is 31.8. The fourth-order valence-corrected chi connectivity index (χ4v) is 8.89. The van der Waals surface area contributed by atoms with Crippen LogP contribution in [0.15, 0.2) is 0 Å². The van der Waals surface area contributed by atoms with Gasteiger partial charge in [-0.15, -0.1) is 0 Å². The molecule has 22 heterocycles. The zero-order valence-corrected chi connectivity index (χ0v) is 34.7. The predicted molar refractivity (Wildman–Crippen MR) is 196 cm³/mol. The van der Waals surface area contributed by atoms with Gasteiger partial charge in [-0.2, -0.15) is 0 Å².